The van der Waals surface area contributed by atoms with Crippen LogP contribution in [-0.2, 0) is 0 Å². The quantitative estimate of drug-likeness (QED) is 0.926. The van der Waals surface area contributed by atoms with Crippen molar-refractivity contribution >= 4 is 17.5 Å². The average Bonchev–Trinajstić information content (AvgIpc) is 3.16. The van der Waals surface area contributed by atoms with Crippen LogP contribution in [0, 0.1) is 0 Å². The molecule has 1 fully saturated rings. The lowest BCUT2D eigenvalue weighted by Crippen LogP contribution is -2.43. The monoisotopic (exact) mass is 326 g/mol. The summed E-state index contributed by atoms with van der Waals surface area (Å²) in [5, 5.41) is 2.75. The summed E-state index contributed by atoms with van der Waals surface area (Å²) >= 11 is 0. The highest BCUT2D eigenvalue weighted by molar-refractivity contribution is 6.02. The molecule has 1 aromatic heterocycles. The van der Waals surface area contributed by atoms with E-state index >= 15 is 0 Å². The van der Waals surface area contributed by atoms with Crippen molar-refractivity contribution in [1.29, 1.82) is 0 Å². The molecule has 1 N–H and O–H groups in total. The molecule has 126 valence electrons. The first-order valence-electron chi connectivity index (χ1n) is 8.45. The number of benzene rings is 1. The Balaban J connectivity index is 1.67. The van der Waals surface area contributed by atoms with E-state index in [0.29, 0.717) is 17.3 Å². The number of anilines is 1. The Morgan fingerprint density at radius 3 is 2.67 bits per heavy atom. The van der Waals surface area contributed by atoms with Crippen molar-refractivity contribution in [2.75, 3.05) is 11.9 Å². The third-order valence-corrected chi connectivity index (χ3v) is 4.49. The van der Waals surface area contributed by atoms with E-state index in [4.69, 9.17) is 4.42 Å². The molecule has 1 aliphatic heterocycles. The number of nitrogens with one attached hydrogen (secondary N) is 1. The molecule has 0 aliphatic carbocycles. The molecular formula is C19H22N2O3. The minimum Gasteiger partial charge on any atom is -0.459 e. The number of rotatable bonds is 4. The van der Waals surface area contributed by atoms with Gasteiger partial charge >= 0.3 is 0 Å². The summed E-state index contributed by atoms with van der Waals surface area (Å²) in [6.07, 6.45) is 5.79. The topological polar surface area (TPSA) is 62.6 Å². The van der Waals surface area contributed by atoms with Gasteiger partial charge in [0.15, 0.2) is 5.76 Å². The average molecular weight is 326 g/mol. The van der Waals surface area contributed by atoms with Crippen LogP contribution in [0.2, 0.25) is 0 Å². The summed E-state index contributed by atoms with van der Waals surface area (Å²) in [6, 6.07) is 10.6. The van der Waals surface area contributed by atoms with Gasteiger partial charge in [-0.2, -0.15) is 0 Å². The van der Waals surface area contributed by atoms with Gasteiger partial charge in [-0.05, 0) is 62.1 Å². The Morgan fingerprint density at radius 1 is 1.21 bits per heavy atom. The maximum Gasteiger partial charge on any atom is 0.291 e. The molecule has 2 aromatic rings. The number of carbonyl (C=O) groups is 2. The third kappa shape index (κ3) is 3.50. The lowest BCUT2D eigenvalue weighted by Gasteiger charge is -2.35. The third-order valence-electron chi connectivity index (χ3n) is 4.49. The first-order valence-corrected chi connectivity index (χ1v) is 8.45. The second kappa shape index (κ2) is 7.34. The van der Waals surface area contributed by atoms with Gasteiger partial charge < -0.3 is 14.6 Å². The zero-order chi connectivity index (χ0) is 16.9. The van der Waals surface area contributed by atoms with Gasteiger partial charge in [-0.1, -0.05) is 6.92 Å². The summed E-state index contributed by atoms with van der Waals surface area (Å²) < 4.78 is 5.06. The smallest absolute Gasteiger partial charge is 0.291 e. The van der Waals surface area contributed by atoms with E-state index < -0.39 is 0 Å². The zero-order valence-electron chi connectivity index (χ0n) is 13.8. The van der Waals surface area contributed by atoms with E-state index in [2.05, 4.69) is 12.2 Å². The maximum atomic E-state index is 12.7. The molecule has 24 heavy (non-hydrogen) atoms. The van der Waals surface area contributed by atoms with E-state index in [9.17, 15) is 9.59 Å². The Kier molecular flexibility index (Phi) is 4.99. The molecule has 2 amide bonds. The molecule has 1 aliphatic rings. The Bertz CT molecular complexity index is 692. The van der Waals surface area contributed by atoms with Crippen LogP contribution in [0.3, 0.4) is 0 Å². The second-order valence-electron chi connectivity index (χ2n) is 6.07. The fourth-order valence-electron chi connectivity index (χ4n) is 3.15. The van der Waals surface area contributed by atoms with Crippen molar-refractivity contribution in [3.8, 4) is 0 Å². The molecule has 0 bridgehead atoms. The summed E-state index contributed by atoms with van der Waals surface area (Å²) in [5.41, 5.74) is 1.30. The number of hydrogen-bond donors (Lipinski definition) is 1. The lowest BCUT2D eigenvalue weighted by molar-refractivity contribution is 0.0608. The minimum atomic E-state index is -0.304. The van der Waals surface area contributed by atoms with Gasteiger partial charge in [-0.15, -0.1) is 0 Å². The van der Waals surface area contributed by atoms with E-state index in [-0.39, 0.29) is 17.6 Å². The molecule has 2 heterocycles. The van der Waals surface area contributed by atoms with Crippen LogP contribution in [0.25, 0.3) is 0 Å². The van der Waals surface area contributed by atoms with Crippen molar-refractivity contribution in [3.63, 3.8) is 0 Å². The van der Waals surface area contributed by atoms with E-state index in [1.807, 2.05) is 4.90 Å². The summed E-state index contributed by atoms with van der Waals surface area (Å²) in [5.74, 6) is 0.0286. The zero-order valence-corrected chi connectivity index (χ0v) is 13.8. The highest BCUT2D eigenvalue weighted by Crippen LogP contribution is 2.22. The van der Waals surface area contributed by atoms with Gasteiger partial charge in [0, 0.05) is 23.8 Å². The first-order chi connectivity index (χ1) is 11.7. The van der Waals surface area contributed by atoms with Crippen molar-refractivity contribution in [3.05, 3.63) is 54.0 Å². The molecule has 1 aromatic carbocycles. The van der Waals surface area contributed by atoms with Crippen LogP contribution < -0.4 is 5.32 Å². The van der Waals surface area contributed by atoms with Crippen LogP contribution in [0.5, 0.6) is 0 Å². The Morgan fingerprint density at radius 2 is 2.00 bits per heavy atom. The number of nitrogens with zero attached hydrogens (tertiary/aromatic N) is 1. The number of hydrogen-bond acceptors (Lipinski definition) is 3. The normalized spacial score (nSPS) is 17.5. The predicted octanol–water partition coefficient (Wildman–Crippen LogP) is 3.94. The SMILES string of the molecule is CC[C@@H]1CCCCN1C(=O)c1ccc(NC(=O)c2ccco2)cc1. The van der Waals surface area contributed by atoms with Crippen molar-refractivity contribution in [2.24, 2.45) is 0 Å². The molecule has 0 saturated carbocycles. The van der Waals surface area contributed by atoms with E-state index in [0.717, 1.165) is 25.8 Å². The fourth-order valence-corrected chi connectivity index (χ4v) is 3.15. The Labute approximate surface area is 141 Å². The van der Waals surface area contributed by atoms with E-state index in [1.54, 1.807) is 36.4 Å². The lowest BCUT2D eigenvalue weighted by atomic mass is 9.99. The molecule has 3 rings (SSSR count). The number of furan rings is 1. The summed E-state index contributed by atoms with van der Waals surface area (Å²) in [7, 11) is 0. The van der Waals surface area contributed by atoms with Gasteiger partial charge in [-0.3, -0.25) is 9.59 Å². The van der Waals surface area contributed by atoms with Gasteiger partial charge in [0.1, 0.15) is 0 Å². The molecule has 5 heteroatoms. The standard InChI is InChI=1S/C19H22N2O3/c1-2-16-6-3-4-12-21(16)19(23)14-8-10-15(11-9-14)20-18(22)17-7-5-13-24-17/h5,7-11,13,16H,2-4,6,12H2,1H3,(H,20,22)/t16-/m1/s1. The van der Waals surface area contributed by atoms with Gasteiger partial charge in [0.05, 0.1) is 6.26 Å². The van der Waals surface area contributed by atoms with Crippen LogP contribution in [0.1, 0.15) is 53.5 Å². The van der Waals surface area contributed by atoms with Crippen LogP contribution in [-0.4, -0.2) is 29.3 Å². The highest BCUT2D eigenvalue weighted by Gasteiger charge is 2.26. The molecular weight excluding hydrogens is 304 g/mol. The number of piperidine rings is 1. The van der Waals surface area contributed by atoms with Crippen LogP contribution >= 0.6 is 0 Å². The van der Waals surface area contributed by atoms with Crippen molar-refractivity contribution < 1.29 is 14.0 Å². The predicted molar refractivity (Wildman–Crippen MR) is 92.1 cm³/mol. The minimum absolute atomic E-state index is 0.0745. The van der Waals surface area contributed by atoms with Gasteiger partial charge in [-0.25, -0.2) is 0 Å². The largest absolute Gasteiger partial charge is 0.459 e. The maximum absolute atomic E-state index is 12.7. The molecule has 1 atom stereocenters. The molecule has 0 radical (unpaired) electrons. The van der Waals surface area contributed by atoms with Gasteiger partial charge in [0.25, 0.3) is 11.8 Å². The first kappa shape index (κ1) is 16.3. The molecule has 0 unspecified atom stereocenters. The Hall–Kier alpha value is -2.56. The summed E-state index contributed by atoms with van der Waals surface area (Å²) in [6.45, 7) is 2.96. The van der Waals surface area contributed by atoms with Crippen LogP contribution in [0.15, 0.2) is 47.1 Å². The van der Waals surface area contributed by atoms with E-state index in [1.165, 1.54) is 12.7 Å². The van der Waals surface area contributed by atoms with Crippen molar-refractivity contribution in [1.82, 2.24) is 4.90 Å². The number of carbonyl (C=O) groups excluding carboxylic acids is 2. The second-order valence-corrected chi connectivity index (χ2v) is 6.07. The molecule has 5 nitrogen and oxygen atoms in total. The number of amides is 2. The van der Waals surface area contributed by atoms with Gasteiger partial charge in [0.2, 0.25) is 0 Å². The van der Waals surface area contributed by atoms with Crippen molar-refractivity contribution in [2.45, 2.75) is 38.6 Å². The number of likely N-dealkylation sites (tertiary alicyclic amines) is 1. The van der Waals surface area contributed by atoms with Crippen LogP contribution in [0.4, 0.5) is 5.69 Å². The molecule has 1 saturated heterocycles. The summed E-state index contributed by atoms with van der Waals surface area (Å²) in [4.78, 5) is 26.6. The highest BCUT2D eigenvalue weighted by atomic mass is 16.3. The fraction of sp³-hybridized carbons (Fsp3) is 0.368. The molecule has 0 spiro atoms.